The van der Waals surface area contributed by atoms with Gasteiger partial charge in [-0.2, -0.15) is 5.10 Å². The molecule has 110 valence electrons. The summed E-state index contributed by atoms with van der Waals surface area (Å²) in [6, 6.07) is 0.0946. The second-order valence-electron chi connectivity index (χ2n) is 6.04. The third-order valence-electron chi connectivity index (χ3n) is 4.73. The Morgan fingerprint density at radius 2 is 2.05 bits per heavy atom. The minimum Gasteiger partial charge on any atom is -0.396 e. The fourth-order valence-electron chi connectivity index (χ4n) is 3.52. The Labute approximate surface area is 119 Å². The molecule has 0 aliphatic heterocycles. The van der Waals surface area contributed by atoms with Gasteiger partial charge in [0.2, 0.25) is 0 Å². The van der Waals surface area contributed by atoms with E-state index in [9.17, 15) is 9.90 Å². The first-order chi connectivity index (χ1) is 9.79. The lowest BCUT2D eigenvalue weighted by atomic mass is 9.85. The maximum Gasteiger partial charge on any atom is 0.272 e. The van der Waals surface area contributed by atoms with Crippen LogP contribution < -0.4 is 5.32 Å². The number of carbonyl (C=O) groups is 1. The number of amides is 1. The second kappa shape index (κ2) is 5.95. The van der Waals surface area contributed by atoms with E-state index in [1.54, 1.807) is 0 Å². The molecule has 2 atom stereocenters. The number of hydrogen-bond acceptors (Lipinski definition) is 3. The quantitative estimate of drug-likeness (QED) is 0.784. The van der Waals surface area contributed by atoms with Gasteiger partial charge >= 0.3 is 0 Å². The zero-order valence-corrected chi connectivity index (χ0v) is 11.8. The third kappa shape index (κ3) is 2.59. The Balaban J connectivity index is 1.71. The predicted molar refractivity (Wildman–Crippen MR) is 75.5 cm³/mol. The summed E-state index contributed by atoms with van der Waals surface area (Å²) in [5.74, 6) is 0.122. The molecular weight excluding hydrogens is 254 g/mol. The van der Waals surface area contributed by atoms with Crippen LogP contribution in [0.25, 0.3) is 0 Å². The van der Waals surface area contributed by atoms with E-state index in [1.165, 1.54) is 6.42 Å². The molecule has 1 heterocycles. The number of nitrogens with one attached hydrogen (secondary N) is 2. The first-order valence-corrected chi connectivity index (χ1v) is 7.77. The van der Waals surface area contributed by atoms with E-state index >= 15 is 0 Å². The number of aryl methyl sites for hydroxylation is 1. The summed E-state index contributed by atoms with van der Waals surface area (Å²) in [5.41, 5.74) is 2.80. The minimum atomic E-state index is -0.0743. The Hall–Kier alpha value is -1.36. The molecule has 2 unspecified atom stereocenters. The Kier molecular flexibility index (Phi) is 4.05. The fraction of sp³-hybridized carbons (Fsp3) is 0.733. The van der Waals surface area contributed by atoms with E-state index in [0.717, 1.165) is 56.2 Å². The highest BCUT2D eigenvalue weighted by molar-refractivity contribution is 5.94. The number of rotatable bonds is 3. The molecule has 3 rings (SSSR count). The van der Waals surface area contributed by atoms with E-state index in [-0.39, 0.29) is 24.5 Å². The molecule has 0 radical (unpaired) electrons. The fourth-order valence-corrected chi connectivity index (χ4v) is 3.52. The summed E-state index contributed by atoms with van der Waals surface area (Å²) >= 11 is 0. The van der Waals surface area contributed by atoms with Crippen molar-refractivity contribution in [1.29, 1.82) is 0 Å². The van der Waals surface area contributed by atoms with Gasteiger partial charge in [-0.25, -0.2) is 0 Å². The molecule has 2 aliphatic rings. The van der Waals surface area contributed by atoms with Crippen molar-refractivity contribution >= 4 is 5.91 Å². The van der Waals surface area contributed by atoms with Crippen LogP contribution in [-0.2, 0) is 12.8 Å². The van der Waals surface area contributed by atoms with Crippen molar-refractivity contribution in [1.82, 2.24) is 15.5 Å². The molecular formula is C15H23N3O2. The number of fused-ring (bicyclic) bond motifs is 1. The maximum absolute atomic E-state index is 12.4. The van der Waals surface area contributed by atoms with Gasteiger partial charge in [-0.05, 0) is 38.5 Å². The van der Waals surface area contributed by atoms with E-state index < -0.39 is 0 Å². The molecule has 3 N–H and O–H groups in total. The number of carbonyl (C=O) groups excluding carboxylic acids is 1. The lowest BCUT2D eigenvalue weighted by Gasteiger charge is -2.30. The van der Waals surface area contributed by atoms with Crippen LogP contribution >= 0.6 is 0 Å². The Morgan fingerprint density at radius 3 is 2.90 bits per heavy atom. The first kappa shape index (κ1) is 13.6. The zero-order valence-electron chi connectivity index (χ0n) is 11.8. The van der Waals surface area contributed by atoms with Gasteiger partial charge in [0.25, 0.3) is 5.91 Å². The summed E-state index contributed by atoms with van der Waals surface area (Å²) in [7, 11) is 0. The SMILES string of the molecule is O=C(NC1CCCCC1CO)c1n[nH]c2c1CCCC2. The molecule has 1 fully saturated rings. The zero-order chi connectivity index (χ0) is 13.9. The highest BCUT2D eigenvalue weighted by Gasteiger charge is 2.28. The van der Waals surface area contributed by atoms with Crippen LogP contribution in [0.1, 0.15) is 60.3 Å². The summed E-state index contributed by atoms with van der Waals surface area (Å²) in [4.78, 5) is 12.4. The van der Waals surface area contributed by atoms with E-state index in [4.69, 9.17) is 0 Å². The van der Waals surface area contributed by atoms with E-state index in [2.05, 4.69) is 15.5 Å². The normalized spacial score (nSPS) is 26.1. The number of aromatic nitrogens is 2. The summed E-state index contributed by atoms with van der Waals surface area (Å²) in [6.45, 7) is 0.156. The average Bonchev–Trinajstić information content (AvgIpc) is 2.92. The molecule has 0 aromatic carbocycles. The summed E-state index contributed by atoms with van der Waals surface area (Å²) < 4.78 is 0. The van der Waals surface area contributed by atoms with Crippen molar-refractivity contribution in [3.63, 3.8) is 0 Å². The lowest BCUT2D eigenvalue weighted by Crippen LogP contribution is -2.43. The van der Waals surface area contributed by atoms with Gasteiger partial charge in [0.1, 0.15) is 0 Å². The van der Waals surface area contributed by atoms with E-state index in [1.807, 2.05) is 0 Å². The first-order valence-electron chi connectivity index (χ1n) is 7.77. The molecule has 0 bridgehead atoms. The van der Waals surface area contributed by atoms with Crippen LogP contribution in [0.15, 0.2) is 0 Å². The highest BCUT2D eigenvalue weighted by atomic mass is 16.3. The molecule has 5 nitrogen and oxygen atoms in total. The molecule has 5 heteroatoms. The van der Waals surface area contributed by atoms with Crippen LogP contribution in [0.3, 0.4) is 0 Å². The topological polar surface area (TPSA) is 78.0 Å². The monoisotopic (exact) mass is 277 g/mol. The predicted octanol–water partition coefficient (Wildman–Crippen LogP) is 1.57. The van der Waals surface area contributed by atoms with Gasteiger partial charge in [-0.15, -0.1) is 0 Å². The highest BCUT2D eigenvalue weighted by Crippen LogP contribution is 2.26. The van der Waals surface area contributed by atoms with Crippen LogP contribution in [-0.4, -0.2) is 33.9 Å². The van der Waals surface area contributed by atoms with Crippen molar-refractivity contribution < 1.29 is 9.90 Å². The smallest absolute Gasteiger partial charge is 0.272 e. The van der Waals surface area contributed by atoms with Gasteiger partial charge in [-0.3, -0.25) is 9.89 Å². The van der Waals surface area contributed by atoms with Gasteiger partial charge < -0.3 is 10.4 Å². The van der Waals surface area contributed by atoms with Crippen molar-refractivity contribution in [3.05, 3.63) is 17.0 Å². The molecule has 1 saturated carbocycles. The number of aromatic amines is 1. The van der Waals surface area contributed by atoms with Gasteiger partial charge in [0.05, 0.1) is 0 Å². The number of hydrogen-bond donors (Lipinski definition) is 3. The van der Waals surface area contributed by atoms with Crippen molar-refractivity contribution in [2.45, 2.75) is 57.4 Å². The molecule has 1 aromatic rings. The molecule has 1 aromatic heterocycles. The number of aliphatic hydroxyl groups is 1. The molecule has 20 heavy (non-hydrogen) atoms. The molecule has 1 amide bonds. The molecule has 0 saturated heterocycles. The van der Waals surface area contributed by atoms with Crippen molar-refractivity contribution in [2.24, 2.45) is 5.92 Å². The van der Waals surface area contributed by atoms with Crippen molar-refractivity contribution in [2.75, 3.05) is 6.61 Å². The Bertz CT molecular complexity index is 483. The van der Waals surface area contributed by atoms with Crippen LogP contribution in [0.4, 0.5) is 0 Å². The number of aliphatic hydroxyl groups excluding tert-OH is 1. The van der Waals surface area contributed by atoms with Crippen LogP contribution in [0.2, 0.25) is 0 Å². The third-order valence-corrected chi connectivity index (χ3v) is 4.73. The maximum atomic E-state index is 12.4. The van der Waals surface area contributed by atoms with Gasteiger partial charge in [0, 0.05) is 29.8 Å². The van der Waals surface area contributed by atoms with Crippen LogP contribution in [0, 0.1) is 5.92 Å². The summed E-state index contributed by atoms with van der Waals surface area (Å²) in [6.07, 6.45) is 8.49. The molecule has 2 aliphatic carbocycles. The van der Waals surface area contributed by atoms with Crippen molar-refractivity contribution in [3.8, 4) is 0 Å². The molecule has 0 spiro atoms. The number of H-pyrrole nitrogens is 1. The lowest BCUT2D eigenvalue weighted by molar-refractivity contribution is 0.0866. The van der Waals surface area contributed by atoms with Gasteiger partial charge in [0.15, 0.2) is 5.69 Å². The standard InChI is InChI=1S/C15H23N3O2/c19-9-10-5-1-3-7-12(10)16-15(20)14-11-6-2-4-8-13(11)17-18-14/h10,12,19H,1-9H2,(H,16,20)(H,17,18). The van der Waals surface area contributed by atoms with E-state index in [0.29, 0.717) is 5.69 Å². The minimum absolute atomic E-state index is 0.0743. The Morgan fingerprint density at radius 1 is 1.25 bits per heavy atom. The average molecular weight is 277 g/mol. The van der Waals surface area contributed by atoms with Crippen LogP contribution in [0.5, 0.6) is 0 Å². The largest absolute Gasteiger partial charge is 0.396 e. The number of nitrogens with zero attached hydrogens (tertiary/aromatic N) is 1. The second-order valence-corrected chi connectivity index (χ2v) is 6.04. The van der Waals surface area contributed by atoms with Gasteiger partial charge in [-0.1, -0.05) is 12.8 Å². The summed E-state index contributed by atoms with van der Waals surface area (Å²) in [5, 5.41) is 19.7.